The number of phosphoric ester groups is 2. The third-order valence-corrected chi connectivity index (χ3v) is 19.5. The maximum absolute atomic E-state index is 13.1. The SMILES string of the molecule is CCCCCC/C=C\C=C/CCCCCCCC(=O)OC[C@H](COP(=O)(O)OC[C@@H](O)COP(=O)(O)OC[C@@H](COC(=O)CCCCCCCCC(C)C)OC(=O)CCCCCCCCCCCC(C)C)OC(=O)CCCCCCCCCCCCCCCCCCCCCCC. The van der Waals surface area contributed by atoms with Crippen LogP contribution in [0.5, 0.6) is 0 Å². The Hall–Kier alpha value is -2.46. The van der Waals surface area contributed by atoms with E-state index in [0.717, 1.165) is 121 Å². The molecular weight excluding hydrogens is 1270 g/mol. The van der Waals surface area contributed by atoms with E-state index < -0.39 is 97.5 Å². The van der Waals surface area contributed by atoms with Crippen molar-refractivity contribution in [2.75, 3.05) is 39.6 Å². The van der Waals surface area contributed by atoms with Crippen molar-refractivity contribution in [1.82, 2.24) is 0 Å². The minimum absolute atomic E-state index is 0.102. The lowest BCUT2D eigenvalue weighted by atomic mass is 10.0. The van der Waals surface area contributed by atoms with E-state index in [9.17, 15) is 43.2 Å². The number of hydrogen-bond acceptors (Lipinski definition) is 15. The van der Waals surface area contributed by atoms with Gasteiger partial charge in [-0.05, 0) is 63.2 Å². The van der Waals surface area contributed by atoms with Crippen molar-refractivity contribution < 1.29 is 80.2 Å². The topological polar surface area (TPSA) is 237 Å². The van der Waals surface area contributed by atoms with Gasteiger partial charge in [-0.25, -0.2) is 9.13 Å². The summed E-state index contributed by atoms with van der Waals surface area (Å²) in [6.45, 7) is 9.42. The lowest BCUT2D eigenvalue weighted by Gasteiger charge is -2.21. The Morgan fingerprint density at radius 3 is 0.845 bits per heavy atom. The normalized spacial score (nSPS) is 14.1. The molecule has 0 aliphatic heterocycles. The van der Waals surface area contributed by atoms with E-state index in [0.29, 0.717) is 31.6 Å². The predicted molar refractivity (Wildman–Crippen MR) is 395 cm³/mol. The van der Waals surface area contributed by atoms with Gasteiger partial charge in [-0.3, -0.25) is 37.3 Å². The highest BCUT2D eigenvalue weighted by Gasteiger charge is 2.30. The first-order chi connectivity index (χ1) is 46.9. The summed E-state index contributed by atoms with van der Waals surface area (Å²) < 4.78 is 68.5. The van der Waals surface area contributed by atoms with Gasteiger partial charge in [0.15, 0.2) is 12.2 Å². The Morgan fingerprint density at radius 2 is 0.557 bits per heavy atom. The minimum atomic E-state index is -4.97. The van der Waals surface area contributed by atoms with Crippen LogP contribution in [0.3, 0.4) is 0 Å². The highest BCUT2D eigenvalue weighted by Crippen LogP contribution is 2.45. The molecule has 0 saturated heterocycles. The molecule has 0 aromatic rings. The number of hydrogen-bond donors (Lipinski definition) is 3. The summed E-state index contributed by atoms with van der Waals surface area (Å²) in [5.41, 5.74) is 0. The fraction of sp³-hybridized carbons (Fsp3) is 0.897. The van der Waals surface area contributed by atoms with Crippen molar-refractivity contribution in [2.24, 2.45) is 11.8 Å². The summed E-state index contributed by atoms with van der Waals surface area (Å²) in [5.74, 6) is -0.736. The molecule has 0 amide bonds. The van der Waals surface area contributed by atoms with Gasteiger partial charge in [0, 0.05) is 25.7 Å². The van der Waals surface area contributed by atoms with Crippen molar-refractivity contribution in [2.45, 2.75) is 400 Å². The molecule has 0 aromatic heterocycles. The van der Waals surface area contributed by atoms with Gasteiger partial charge in [0.05, 0.1) is 26.4 Å². The first kappa shape index (κ1) is 94.5. The van der Waals surface area contributed by atoms with Gasteiger partial charge in [0.25, 0.3) is 0 Å². The monoisotopic (exact) mass is 1420 g/mol. The minimum Gasteiger partial charge on any atom is -0.462 e. The molecule has 0 aliphatic rings. The number of carbonyl (C=O) groups excluding carboxylic acids is 4. The average Bonchev–Trinajstić information content (AvgIpc) is 1.45. The molecule has 0 spiro atoms. The number of unbranched alkanes of at least 4 members (excludes halogenated alkanes) is 42. The van der Waals surface area contributed by atoms with Crippen LogP contribution in [-0.2, 0) is 65.4 Å². The quantitative estimate of drug-likeness (QED) is 0.0169. The molecule has 0 rings (SSSR count). The summed E-state index contributed by atoms with van der Waals surface area (Å²) >= 11 is 0. The number of aliphatic hydroxyl groups is 1. The molecule has 97 heavy (non-hydrogen) atoms. The number of ether oxygens (including phenoxy) is 4. The summed E-state index contributed by atoms with van der Waals surface area (Å²) in [6.07, 6.45) is 60.8. The first-order valence-corrected chi connectivity index (χ1v) is 42.8. The fourth-order valence-corrected chi connectivity index (χ4v) is 13.0. The number of rotatable bonds is 75. The van der Waals surface area contributed by atoms with E-state index in [1.807, 2.05) is 0 Å². The number of esters is 4. The van der Waals surface area contributed by atoms with Gasteiger partial charge in [-0.15, -0.1) is 0 Å². The Morgan fingerprint density at radius 1 is 0.320 bits per heavy atom. The molecule has 5 atom stereocenters. The van der Waals surface area contributed by atoms with Gasteiger partial charge in [0.2, 0.25) is 0 Å². The zero-order valence-corrected chi connectivity index (χ0v) is 64.7. The van der Waals surface area contributed by atoms with Gasteiger partial charge < -0.3 is 33.8 Å². The summed E-state index contributed by atoms with van der Waals surface area (Å²) in [6, 6.07) is 0. The molecule has 0 aliphatic carbocycles. The van der Waals surface area contributed by atoms with Crippen LogP contribution in [0.2, 0.25) is 0 Å². The second kappa shape index (κ2) is 69.3. The number of aliphatic hydroxyl groups excluding tert-OH is 1. The third-order valence-electron chi connectivity index (χ3n) is 17.6. The number of carbonyl (C=O) groups is 4. The summed E-state index contributed by atoms with van der Waals surface area (Å²) in [4.78, 5) is 72.8. The highest BCUT2D eigenvalue weighted by atomic mass is 31.2. The lowest BCUT2D eigenvalue weighted by Crippen LogP contribution is -2.30. The van der Waals surface area contributed by atoms with E-state index in [2.05, 4.69) is 65.8 Å². The lowest BCUT2D eigenvalue weighted by molar-refractivity contribution is -0.161. The second-order valence-corrected chi connectivity index (χ2v) is 31.3. The Labute approximate surface area is 592 Å². The predicted octanol–water partition coefficient (Wildman–Crippen LogP) is 22.7. The molecule has 2 unspecified atom stereocenters. The van der Waals surface area contributed by atoms with E-state index in [1.54, 1.807) is 0 Å². The van der Waals surface area contributed by atoms with Crippen LogP contribution in [-0.4, -0.2) is 96.7 Å². The molecule has 19 heteroatoms. The summed E-state index contributed by atoms with van der Waals surface area (Å²) in [5, 5.41) is 10.6. The zero-order chi connectivity index (χ0) is 71.4. The zero-order valence-electron chi connectivity index (χ0n) is 62.9. The van der Waals surface area contributed by atoms with E-state index >= 15 is 0 Å². The van der Waals surface area contributed by atoms with Gasteiger partial charge >= 0.3 is 39.5 Å². The van der Waals surface area contributed by atoms with Crippen molar-refractivity contribution in [3.05, 3.63) is 24.3 Å². The third kappa shape index (κ3) is 71.7. The summed E-state index contributed by atoms with van der Waals surface area (Å²) in [7, 11) is -9.92. The van der Waals surface area contributed by atoms with E-state index in [4.69, 9.17) is 37.0 Å². The smallest absolute Gasteiger partial charge is 0.462 e. The van der Waals surface area contributed by atoms with Gasteiger partial charge in [-0.1, -0.05) is 329 Å². The van der Waals surface area contributed by atoms with Crippen LogP contribution < -0.4 is 0 Å². The van der Waals surface area contributed by atoms with Crippen molar-refractivity contribution in [1.29, 1.82) is 0 Å². The van der Waals surface area contributed by atoms with Crippen molar-refractivity contribution >= 4 is 39.5 Å². The Kier molecular flexibility index (Phi) is 67.5. The molecule has 572 valence electrons. The van der Waals surface area contributed by atoms with Crippen LogP contribution in [0.1, 0.15) is 382 Å². The maximum atomic E-state index is 13.1. The largest absolute Gasteiger partial charge is 0.472 e. The van der Waals surface area contributed by atoms with Crippen LogP contribution in [0.15, 0.2) is 24.3 Å². The number of allylic oxidation sites excluding steroid dienone is 4. The first-order valence-electron chi connectivity index (χ1n) is 39.8. The fourth-order valence-electron chi connectivity index (χ4n) is 11.5. The molecule has 0 saturated carbocycles. The Balaban J connectivity index is 5.23. The molecule has 0 fully saturated rings. The maximum Gasteiger partial charge on any atom is 0.472 e. The molecule has 0 heterocycles. The molecule has 3 N–H and O–H groups in total. The van der Waals surface area contributed by atoms with Crippen LogP contribution in [0.4, 0.5) is 0 Å². The molecule has 17 nitrogen and oxygen atoms in total. The second-order valence-electron chi connectivity index (χ2n) is 28.4. The van der Waals surface area contributed by atoms with Gasteiger partial charge in [-0.2, -0.15) is 0 Å². The molecular formula is C78H148O17P2. The van der Waals surface area contributed by atoms with Gasteiger partial charge in [0.1, 0.15) is 19.3 Å². The molecule has 0 bridgehead atoms. The standard InChI is InChI=1S/C78H148O17P2/c1-7-9-11-13-15-17-19-21-23-24-25-26-27-28-30-32-34-38-42-50-56-62-77(82)94-73(66-88-75(80)60-54-48-41-37-33-31-29-22-20-18-16-14-12-10-8-2)68-92-96(84,85)90-64-72(79)65-91-97(86,87)93-69-74(67-89-76(81)61-55-49-45-44-47-53-59-71(5)6)95-78(83)63-57-51-43-39-35-36-40-46-52-58-70(3)4/h18,20,22,29,70-74,79H,7-17,19,21,23-28,30-69H2,1-6H3,(H,84,85)(H,86,87)/b20-18-,29-22-/t72-,73-,74-/m1/s1. The molecule has 0 aromatic carbocycles. The number of phosphoric acid groups is 2. The van der Waals surface area contributed by atoms with E-state index in [1.165, 1.54) is 173 Å². The molecule has 0 radical (unpaired) electrons. The van der Waals surface area contributed by atoms with E-state index in [-0.39, 0.29) is 25.7 Å². The highest BCUT2D eigenvalue weighted by molar-refractivity contribution is 7.47. The van der Waals surface area contributed by atoms with Crippen molar-refractivity contribution in [3.8, 4) is 0 Å². The van der Waals surface area contributed by atoms with Crippen LogP contribution >= 0.6 is 15.6 Å². The Bertz CT molecular complexity index is 1970. The van der Waals surface area contributed by atoms with Crippen LogP contribution in [0, 0.1) is 11.8 Å². The van der Waals surface area contributed by atoms with Crippen LogP contribution in [0.25, 0.3) is 0 Å². The van der Waals surface area contributed by atoms with Crippen molar-refractivity contribution in [3.63, 3.8) is 0 Å². The average molecular weight is 1420 g/mol.